The Morgan fingerprint density at radius 2 is 1.76 bits per heavy atom. The van der Waals surface area contributed by atoms with E-state index in [4.69, 9.17) is 9.47 Å². The average Bonchev–Trinajstić information content (AvgIpc) is 2.92. The van der Waals surface area contributed by atoms with Crippen LogP contribution < -0.4 is 14.8 Å². The van der Waals surface area contributed by atoms with E-state index in [1.807, 2.05) is 36.1 Å². The summed E-state index contributed by atoms with van der Waals surface area (Å²) >= 11 is 0. The van der Waals surface area contributed by atoms with E-state index in [0.29, 0.717) is 0 Å². The lowest BCUT2D eigenvalue weighted by atomic mass is 10.1. The Balaban J connectivity index is 2.13. The SMILES string of the molecule is COc1ccc(C(C)NC(C)c2ccnn2C)cc1OC. The Labute approximate surface area is 125 Å². The smallest absolute Gasteiger partial charge is 0.161 e. The maximum atomic E-state index is 5.36. The molecule has 2 atom stereocenters. The van der Waals surface area contributed by atoms with Gasteiger partial charge < -0.3 is 14.8 Å². The molecule has 0 aliphatic heterocycles. The molecule has 2 unspecified atom stereocenters. The lowest BCUT2D eigenvalue weighted by Gasteiger charge is -2.21. The van der Waals surface area contributed by atoms with Crippen molar-refractivity contribution in [2.75, 3.05) is 14.2 Å². The molecule has 1 heterocycles. The van der Waals surface area contributed by atoms with Crippen molar-refractivity contribution in [2.45, 2.75) is 25.9 Å². The lowest BCUT2D eigenvalue weighted by Crippen LogP contribution is -2.24. The van der Waals surface area contributed by atoms with Gasteiger partial charge in [0.05, 0.1) is 19.9 Å². The molecular weight excluding hydrogens is 266 g/mol. The van der Waals surface area contributed by atoms with Gasteiger partial charge in [0.15, 0.2) is 11.5 Å². The Hall–Kier alpha value is -2.01. The molecule has 1 aromatic carbocycles. The number of benzene rings is 1. The second-order valence-corrected chi connectivity index (χ2v) is 5.10. The summed E-state index contributed by atoms with van der Waals surface area (Å²) in [5.41, 5.74) is 2.31. The van der Waals surface area contributed by atoms with Gasteiger partial charge in [0.1, 0.15) is 0 Å². The number of rotatable bonds is 6. The highest BCUT2D eigenvalue weighted by molar-refractivity contribution is 5.43. The predicted molar refractivity (Wildman–Crippen MR) is 82.7 cm³/mol. The minimum absolute atomic E-state index is 0.190. The highest BCUT2D eigenvalue weighted by Crippen LogP contribution is 2.30. The van der Waals surface area contributed by atoms with Gasteiger partial charge in [0, 0.05) is 25.3 Å². The molecule has 0 aliphatic carbocycles. The second-order valence-electron chi connectivity index (χ2n) is 5.10. The zero-order valence-corrected chi connectivity index (χ0v) is 13.3. The number of aryl methyl sites for hydroxylation is 1. The first-order valence-corrected chi connectivity index (χ1v) is 7.02. The fraction of sp³-hybridized carbons (Fsp3) is 0.438. The normalized spacial score (nSPS) is 13.8. The molecule has 5 nitrogen and oxygen atoms in total. The van der Waals surface area contributed by atoms with Crippen LogP contribution in [-0.2, 0) is 7.05 Å². The first-order valence-electron chi connectivity index (χ1n) is 7.02. The van der Waals surface area contributed by atoms with Crippen LogP contribution in [0.25, 0.3) is 0 Å². The van der Waals surface area contributed by atoms with E-state index in [0.717, 1.165) is 22.8 Å². The minimum atomic E-state index is 0.190. The van der Waals surface area contributed by atoms with Crippen LogP contribution in [0.4, 0.5) is 0 Å². The van der Waals surface area contributed by atoms with Crippen LogP contribution in [0.2, 0.25) is 0 Å². The largest absolute Gasteiger partial charge is 0.493 e. The first-order chi connectivity index (χ1) is 10.1. The van der Waals surface area contributed by atoms with E-state index in [9.17, 15) is 0 Å². The number of nitrogens with zero attached hydrogens (tertiary/aromatic N) is 2. The Bertz CT molecular complexity index is 595. The molecule has 0 saturated carbocycles. The van der Waals surface area contributed by atoms with Gasteiger partial charge in [-0.2, -0.15) is 5.10 Å². The van der Waals surface area contributed by atoms with E-state index in [2.05, 4.69) is 30.3 Å². The Morgan fingerprint density at radius 1 is 1.05 bits per heavy atom. The first kappa shape index (κ1) is 15.4. The van der Waals surface area contributed by atoms with E-state index >= 15 is 0 Å². The van der Waals surface area contributed by atoms with Crippen LogP contribution in [0.5, 0.6) is 11.5 Å². The molecule has 2 aromatic rings. The van der Waals surface area contributed by atoms with Gasteiger partial charge in [0.25, 0.3) is 0 Å². The minimum Gasteiger partial charge on any atom is -0.493 e. The van der Waals surface area contributed by atoms with Gasteiger partial charge in [-0.05, 0) is 37.6 Å². The van der Waals surface area contributed by atoms with Gasteiger partial charge in [-0.3, -0.25) is 4.68 Å². The van der Waals surface area contributed by atoms with E-state index in [-0.39, 0.29) is 12.1 Å². The maximum absolute atomic E-state index is 5.36. The van der Waals surface area contributed by atoms with Crippen molar-refractivity contribution < 1.29 is 9.47 Å². The summed E-state index contributed by atoms with van der Waals surface area (Å²) in [4.78, 5) is 0. The van der Waals surface area contributed by atoms with Gasteiger partial charge >= 0.3 is 0 Å². The summed E-state index contributed by atoms with van der Waals surface area (Å²) in [6, 6.07) is 8.41. The Morgan fingerprint density at radius 3 is 2.33 bits per heavy atom. The molecule has 1 aromatic heterocycles. The van der Waals surface area contributed by atoms with Crippen molar-refractivity contribution in [3.8, 4) is 11.5 Å². The fourth-order valence-electron chi connectivity index (χ4n) is 2.49. The predicted octanol–water partition coefficient (Wildman–Crippen LogP) is 2.85. The summed E-state index contributed by atoms with van der Waals surface area (Å²) in [7, 11) is 5.25. The number of aromatic nitrogens is 2. The molecule has 1 N–H and O–H groups in total. The van der Waals surface area contributed by atoms with Crippen LogP contribution in [0.3, 0.4) is 0 Å². The highest BCUT2D eigenvalue weighted by atomic mass is 16.5. The van der Waals surface area contributed by atoms with Crippen molar-refractivity contribution in [2.24, 2.45) is 7.05 Å². The highest BCUT2D eigenvalue weighted by Gasteiger charge is 2.15. The van der Waals surface area contributed by atoms with Crippen LogP contribution in [0.1, 0.15) is 37.2 Å². The van der Waals surface area contributed by atoms with Crippen LogP contribution in [0.15, 0.2) is 30.5 Å². The summed E-state index contributed by atoms with van der Waals surface area (Å²) in [5.74, 6) is 1.49. The Kier molecular flexibility index (Phi) is 4.85. The van der Waals surface area contributed by atoms with Gasteiger partial charge in [-0.15, -0.1) is 0 Å². The van der Waals surface area contributed by atoms with Gasteiger partial charge in [-0.25, -0.2) is 0 Å². The lowest BCUT2D eigenvalue weighted by molar-refractivity contribution is 0.353. The molecule has 0 radical (unpaired) electrons. The summed E-state index contributed by atoms with van der Waals surface area (Å²) < 4.78 is 12.5. The molecular formula is C16H23N3O2. The topological polar surface area (TPSA) is 48.3 Å². The molecule has 0 amide bonds. The van der Waals surface area contributed by atoms with Gasteiger partial charge in [0.2, 0.25) is 0 Å². The average molecular weight is 289 g/mol. The maximum Gasteiger partial charge on any atom is 0.161 e. The van der Waals surface area contributed by atoms with E-state index in [1.165, 1.54) is 0 Å². The van der Waals surface area contributed by atoms with Crippen LogP contribution in [0, 0.1) is 0 Å². The summed E-state index contributed by atoms with van der Waals surface area (Å²) in [6.45, 7) is 4.27. The van der Waals surface area contributed by atoms with Crippen molar-refractivity contribution in [1.82, 2.24) is 15.1 Å². The molecule has 114 valence electrons. The molecule has 0 bridgehead atoms. The van der Waals surface area contributed by atoms with E-state index in [1.54, 1.807) is 14.2 Å². The van der Waals surface area contributed by atoms with Crippen LogP contribution >= 0.6 is 0 Å². The number of ether oxygens (including phenoxy) is 2. The number of methoxy groups -OCH3 is 2. The van der Waals surface area contributed by atoms with Crippen molar-refractivity contribution in [3.05, 3.63) is 41.7 Å². The third-order valence-corrected chi connectivity index (χ3v) is 3.71. The molecule has 0 saturated heterocycles. The standard InChI is InChI=1S/C16H23N3O2/c1-11(18-12(2)14-8-9-17-19(14)3)13-6-7-15(20-4)16(10-13)21-5/h6-12,18H,1-5H3. The molecule has 2 rings (SSSR count). The molecule has 5 heteroatoms. The zero-order valence-electron chi connectivity index (χ0n) is 13.3. The van der Waals surface area contributed by atoms with Gasteiger partial charge in [-0.1, -0.05) is 6.07 Å². The number of hydrogen-bond acceptors (Lipinski definition) is 4. The third kappa shape index (κ3) is 3.36. The molecule has 21 heavy (non-hydrogen) atoms. The fourth-order valence-corrected chi connectivity index (χ4v) is 2.49. The monoisotopic (exact) mass is 289 g/mol. The molecule has 0 aliphatic rings. The molecule has 0 fully saturated rings. The van der Waals surface area contributed by atoms with Crippen molar-refractivity contribution >= 4 is 0 Å². The van der Waals surface area contributed by atoms with Crippen molar-refractivity contribution in [1.29, 1.82) is 0 Å². The van der Waals surface area contributed by atoms with Crippen molar-refractivity contribution in [3.63, 3.8) is 0 Å². The molecule has 0 spiro atoms. The number of hydrogen-bond donors (Lipinski definition) is 1. The summed E-state index contributed by atoms with van der Waals surface area (Å²) in [6.07, 6.45) is 1.81. The zero-order chi connectivity index (χ0) is 15.4. The summed E-state index contributed by atoms with van der Waals surface area (Å²) in [5, 5.41) is 7.78. The van der Waals surface area contributed by atoms with E-state index < -0.39 is 0 Å². The quantitative estimate of drug-likeness (QED) is 0.888. The van der Waals surface area contributed by atoms with Crippen LogP contribution in [-0.4, -0.2) is 24.0 Å². The third-order valence-electron chi connectivity index (χ3n) is 3.71. The second kappa shape index (κ2) is 6.63. The number of nitrogens with one attached hydrogen (secondary N) is 1.